The average Bonchev–Trinajstić information content (AvgIpc) is 2.90. The number of fused-ring (bicyclic) bond motifs is 1. The Hall–Kier alpha value is -1.68. The van der Waals surface area contributed by atoms with Gasteiger partial charge in [-0.25, -0.2) is 4.98 Å². The Bertz CT molecular complexity index is 652. The number of nitrogens with zero attached hydrogens (tertiary/aromatic N) is 2. The van der Waals surface area contributed by atoms with Crippen LogP contribution in [0.25, 0.3) is 10.2 Å². The highest BCUT2D eigenvalue weighted by molar-refractivity contribution is 7.18. The van der Waals surface area contributed by atoms with Gasteiger partial charge in [-0.2, -0.15) is 0 Å². The molecule has 0 N–H and O–H groups in total. The second kappa shape index (κ2) is 5.98. The van der Waals surface area contributed by atoms with Crippen molar-refractivity contribution in [2.24, 2.45) is 0 Å². The van der Waals surface area contributed by atoms with Crippen LogP contribution in [0.3, 0.4) is 0 Å². The van der Waals surface area contributed by atoms with Gasteiger partial charge in [0.25, 0.3) is 0 Å². The maximum absolute atomic E-state index is 12.2. The Balaban J connectivity index is 1.79. The van der Waals surface area contributed by atoms with Gasteiger partial charge in [0, 0.05) is 25.1 Å². The van der Waals surface area contributed by atoms with Crippen LogP contribution in [-0.4, -0.2) is 28.9 Å². The molecule has 1 aromatic heterocycles. The van der Waals surface area contributed by atoms with Crippen molar-refractivity contribution >= 4 is 27.5 Å². The first kappa shape index (κ1) is 14.3. The molecule has 1 fully saturated rings. The van der Waals surface area contributed by atoms with E-state index in [0.717, 1.165) is 37.0 Å². The monoisotopic (exact) mass is 300 g/mol. The number of carbonyl (C=O) groups is 1. The maximum Gasteiger partial charge on any atom is 0.246 e. The molecule has 0 spiro atoms. The fourth-order valence-corrected chi connectivity index (χ4v) is 3.87. The zero-order chi connectivity index (χ0) is 14.8. The second-order valence-electron chi connectivity index (χ2n) is 5.86. The molecule has 0 bridgehead atoms. The van der Waals surface area contributed by atoms with Crippen LogP contribution in [0.4, 0.5) is 0 Å². The highest BCUT2D eigenvalue weighted by atomic mass is 32.1. The van der Waals surface area contributed by atoms with Gasteiger partial charge in [-0.05, 0) is 38.8 Å². The molecule has 0 saturated carbocycles. The molecule has 0 radical (unpaired) electrons. The standard InChI is InChI=1S/C17H20N2OS/c1-12(2)10-16(20)19-9-5-6-13(11-19)17-18-14-7-3-4-8-15(14)21-17/h3-4,7-8,10,13H,5-6,9,11H2,1-2H3/t13-/m1/s1. The normalized spacial score (nSPS) is 18.8. The second-order valence-corrected chi connectivity index (χ2v) is 6.93. The van der Waals surface area contributed by atoms with Crippen molar-refractivity contribution in [2.75, 3.05) is 13.1 Å². The summed E-state index contributed by atoms with van der Waals surface area (Å²) in [5.74, 6) is 0.520. The van der Waals surface area contributed by atoms with Crippen molar-refractivity contribution < 1.29 is 4.79 Å². The summed E-state index contributed by atoms with van der Waals surface area (Å²) in [5, 5.41) is 1.17. The number of piperidine rings is 1. The van der Waals surface area contributed by atoms with Crippen LogP contribution < -0.4 is 0 Å². The summed E-state index contributed by atoms with van der Waals surface area (Å²) in [6.07, 6.45) is 3.92. The van der Waals surface area contributed by atoms with E-state index in [1.807, 2.05) is 24.8 Å². The van der Waals surface area contributed by atoms with Gasteiger partial charge in [0.05, 0.1) is 15.2 Å². The topological polar surface area (TPSA) is 33.2 Å². The van der Waals surface area contributed by atoms with Crippen LogP contribution >= 0.6 is 11.3 Å². The Kier molecular flexibility index (Phi) is 4.06. The smallest absolute Gasteiger partial charge is 0.246 e. The van der Waals surface area contributed by atoms with Gasteiger partial charge in [0.2, 0.25) is 5.91 Å². The van der Waals surface area contributed by atoms with Crippen molar-refractivity contribution in [2.45, 2.75) is 32.6 Å². The number of carbonyl (C=O) groups excluding carboxylic acids is 1. The molecule has 1 aromatic carbocycles. The van der Waals surface area contributed by atoms with Crippen LogP contribution in [0.5, 0.6) is 0 Å². The van der Waals surface area contributed by atoms with E-state index in [9.17, 15) is 4.79 Å². The van der Waals surface area contributed by atoms with Crippen molar-refractivity contribution in [1.82, 2.24) is 9.88 Å². The molecule has 110 valence electrons. The number of rotatable bonds is 2. The summed E-state index contributed by atoms with van der Waals surface area (Å²) >= 11 is 1.77. The largest absolute Gasteiger partial charge is 0.338 e. The van der Waals surface area contributed by atoms with Crippen LogP contribution in [-0.2, 0) is 4.79 Å². The Morgan fingerprint density at radius 1 is 1.38 bits per heavy atom. The van der Waals surface area contributed by atoms with Crippen LogP contribution in [0.1, 0.15) is 37.6 Å². The lowest BCUT2D eigenvalue weighted by molar-refractivity contribution is -0.127. The fourth-order valence-electron chi connectivity index (χ4n) is 2.78. The van der Waals surface area contributed by atoms with Gasteiger partial charge >= 0.3 is 0 Å². The van der Waals surface area contributed by atoms with Crippen molar-refractivity contribution in [1.29, 1.82) is 0 Å². The van der Waals surface area contributed by atoms with Gasteiger partial charge in [0.1, 0.15) is 0 Å². The molecule has 1 saturated heterocycles. The van der Waals surface area contributed by atoms with E-state index in [1.165, 1.54) is 9.71 Å². The third-order valence-electron chi connectivity index (χ3n) is 3.80. The minimum absolute atomic E-state index is 0.140. The molecule has 0 unspecified atom stereocenters. The minimum atomic E-state index is 0.140. The highest BCUT2D eigenvalue weighted by Gasteiger charge is 2.26. The number of hydrogen-bond acceptors (Lipinski definition) is 3. The van der Waals surface area contributed by atoms with E-state index in [2.05, 4.69) is 18.2 Å². The van der Waals surface area contributed by atoms with Crippen LogP contribution in [0.2, 0.25) is 0 Å². The Morgan fingerprint density at radius 2 is 2.19 bits per heavy atom. The summed E-state index contributed by atoms with van der Waals surface area (Å²) in [7, 11) is 0. The van der Waals surface area contributed by atoms with E-state index < -0.39 is 0 Å². The first-order valence-corrected chi connectivity index (χ1v) is 8.24. The molecule has 1 amide bonds. The van der Waals surface area contributed by atoms with Gasteiger partial charge in [-0.15, -0.1) is 11.3 Å². The molecule has 2 heterocycles. The summed E-state index contributed by atoms with van der Waals surface area (Å²) in [6.45, 7) is 5.59. The predicted molar refractivity (Wildman–Crippen MR) is 87.6 cm³/mol. The molecule has 4 heteroatoms. The zero-order valence-corrected chi connectivity index (χ0v) is 13.3. The average molecular weight is 300 g/mol. The first-order chi connectivity index (χ1) is 10.1. The van der Waals surface area contributed by atoms with Crippen molar-refractivity contribution in [3.05, 3.63) is 40.9 Å². The number of allylic oxidation sites excluding steroid dienone is 1. The molecule has 1 aliphatic rings. The summed E-state index contributed by atoms with van der Waals surface area (Å²) < 4.78 is 1.24. The zero-order valence-electron chi connectivity index (χ0n) is 12.5. The molecule has 21 heavy (non-hydrogen) atoms. The number of para-hydroxylation sites is 1. The lowest BCUT2D eigenvalue weighted by Crippen LogP contribution is -2.38. The fraction of sp³-hybridized carbons (Fsp3) is 0.412. The molecule has 2 aromatic rings. The lowest BCUT2D eigenvalue weighted by atomic mass is 9.98. The third kappa shape index (κ3) is 3.16. The quantitative estimate of drug-likeness (QED) is 0.786. The summed E-state index contributed by atoms with van der Waals surface area (Å²) in [6, 6.07) is 8.25. The van der Waals surface area contributed by atoms with E-state index in [0.29, 0.717) is 5.92 Å². The number of thiazole rings is 1. The number of benzene rings is 1. The Labute approximate surface area is 129 Å². The first-order valence-electron chi connectivity index (χ1n) is 7.43. The minimum Gasteiger partial charge on any atom is -0.338 e. The summed E-state index contributed by atoms with van der Waals surface area (Å²) in [4.78, 5) is 18.9. The molecule has 3 rings (SSSR count). The molecule has 3 nitrogen and oxygen atoms in total. The number of hydrogen-bond donors (Lipinski definition) is 0. The van der Waals surface area contributed by atoms with Crippen molar-refractivity contribution in [3.63, 3.8) is 0 Å². The van der Waals surface area contributed by atoms with Gasteiger partial charge in [-0.1, -0.05) is 17.7 Å². The predicted octanol–water partition coefficient (Wildman–Crippen LogP) is 3.97. The SMILES string of the molecule is CC(C)=CC(=O)N1CCC[C@@H](c2nc3ccccc3s2)C1. The number of likely N-dealkylation sites (tertiary alicyclic amines) is 1. The van der Waals surface area contributed by atoms with Gasteiger partial charge in [-0.3, -0.25) is 4.79 Å². The number of aromatic nitrogens is 1. The maximum atomic E-state index is 12.2. The van der Waals surface area contributed by atoms with Gasteiger partial charge in [0.15, 0.2) is 0 Å². The lowest BCUT2D eigenvalue weighted by Gasteiger charge is -2.31. The van der Waals surface area contributed by atoms with E-state index >= 15 is 0 Å². The number of amides is 1. The molecule has 1 aliphatic heterocycles. The van der Waals surface area contributed by atoms with Gasteiger partial charge < -0.3 is 4.90 Å². The molecular weight excluding hydrogens is 280 g/mol. The van der Waals surface area contributed by atoms with E-state index in [-0.39, 0.29) is 5.91 Å². The van der Waals surface area contributed by atoms with Crippen LogP contribution in [0, 0.1) is 0 Å². The third-order valence-corrected chi connectivity index (χ3v) is 5.00. The molecular formula is C17H20N2OS. The highest BCUT2D eigenvalue weighted by Crippen LogP contribution is 2.32. The molecule has 0 aliphatic carbocycles. The summed E-state index contributed by atoms with van der Waals surface area (Å²) in [5.41, 5.74) is 2.13. The molecule has 1 atom stereocenters. The van der Waals surface area contributed by atoms with E-state index in [1.54, 1.807) is 17.4 Å². The van der Waals surface area contributed by atoms with Crippen LogP contribution in [0.15, 0.2) is 35.9 Å². The Morgan fingerprint density at radius 3 is 2.95 bits per heavy atom. The van der Waals surface area contributed by atoms with E-state index in [4.69, 9.17) is 4.98 Å². The van der Waals surface area contributed by atoms with Crippen molar-refractivity contribution in [3.8, 4) is 0 Å².